The number of rotatable bonds is 7. The number of amides is 2. The molecule has 1 heterocycles. The molecule has 1 N–H and O–H groups in total. The van der Waals surface area contributed by atoms with Crippen molar-refractivity contribution in [3.8, 4) is 0 Å². The van der Waals surface area contributed by atoms with Crippen LogP contribution in [0.1, 0.15) is 45.4 Å². The van der Waals surface area contributed by atoms with Gasteiger partial charge in [0.2, 0.25) is 11.8 Å². The fourth-order valence-corrected chi connectivity index (χ4v) is 2.63. The molecule has 0 aromatic rings. The highest BCUT2D eigenvalue weighted by atomic mass is 35.5. The molecule has 6 heteroatoms. The molecular formula is C15H30ClN3O2. The van der Waals surface area contributed by atoms with Crippen molar-refractivity contribution in [2.45, 2.75) is 51.5 Å². The SMILES string of the molecule is CCCN(C(=O)CCCC(=O)N(C)C)C1CCNCC1.Cl. The maximum absolute atomic E-state index is 12.4. The largest absolute Gasteiger partial charge is 0.349 e. The Morgan fingerprint density at radius 3 is 2.19 bits per heavy atom. The maximum atomic E-state index is 12.4. The number of nitrogens with zero attached hydrogens (tertiary/aromatic N) is 2. The van der Waals surface area contributed by atoms with Gasteiger partial charge in [-0.25, -0.2) is 0 Å². The molecule has 0 saturated carbocycles. The minimum absolute atomic E-state index is 0. The molecule has 124 valence electrons. The second-order valence-electron chi connectivity index (χ2n) is 5.71. The van der Waals surface area contributed by atoms with Gasteiger partial charge in [-0.15, -0.1) is 12.4 Å². The smallest absolute Gasteiger partial charge is 0.222 e. The molecule has 1 rings (SSSR count). The van der Waals surface area contributed by atoms with Gasteiger partial charge < -0.3 is 15.1 Å². The average molecular weight is 320 g/mol. The molecule has 0 atom stereocenters. The highest BCUT2D eigenvalue weighted by molar-refractivity contribution is 5.85. The molecule has 21 heavy (non-hydrogen) atoms. The van der Waals surface area contributed by atoms with E-state index < -0.39 is 0 Å². The zero-order valence-electron chi connectivity index (χ0n) is 13.6. The second kappa shape index (κ2) is 10.9. The van der Waals surface area contributed by atoms with Gasteiger partial charge in [-0.1, -0.05) is 6.92 Å². The zero-order valence-corrected chi connectivity index (χ0v) is 14.4. The fraction of sp³-hybridized carbons (Fsp3) is 0.867. The van der Waals surface area contributed by atoms with Crippen LogP contribution >= 0.6 is 12.4 Å². The van der Waals surface area contributed by atoms with Crippen molar-refractivity contribution in [3.63, 3.8) is 0 Å². The Labute approximate surface area is 134 Å². The van der Waals surface area contributed by atoms with Crippen LogP contribution in [0.25, 0.3) is 0 Å². The van der Waals surface area contributed by atoms with Crippen molar-refractivity contribution in [2.24, 2.45) is 0 Å². The number of carbonyl (C=O) groups is 2. The summed E-state index contributed by atoms with van der Waals surface area (Å²) in [5.74, 6) is 0.312. The molecule has 5 nitrogen and oxygen atoms in total. The van der Waals surface area contributed by atoms with Crippen LogP contribution in [-0.4, -0.2) is 61.4 Å². The van der Waals surface area contributed by atoms with Crippen LogP contribution in [0.15, 0.2) is 0 Å². The molecule has 1 aliphatic heterocycles. The molecule has 0 bridgehead atoms. The van der Waals surface area contributed by atoms with Crippen LogP contribution in [-0.2, 0) is 9.59 Å². The van der Waals surface area contributed by atoms with Crippen LogP contribution in [0, 0.1) is 0 Å². The van der Waals surface area contributed by atoms with Gasteiger partial charge in [0, 0.05) is 39.5 Å². The van der Waals surface area contributed by atoms with E-state index in [9.17, 15) is 9.59 Å². The summed E-state index contributed by atoms with van der Waals surface area (Å²) in [5, 5.41) is 3.33. The van der Waals surface area contributed by atoms with Gasteiger partial charge >= 0.3 is 0 Å². The van der Waals surface area contributed by atoms with E-state index in [0.29, 0.717) is 25.3 Å². The summed E-state index contributed by atoms with van der Waals surface area (Å²) < 4.78 is 0. The molecule has 1 saturated heterocycles. The van der Waals surface area contributed by atoms with E-state index in [1.54, 1.807) is 19.0 Å². The Kier molecular flexibility index (Phi) is 10.4. The second-order valence-corrected chi connectivity index (χ2v) is 5.71. The quantitative estimate of drug-likeness (QED) is 0.776. The molecule has 0 unspecified atom stereocenters. The van der Waals surface area contributed by atoms with Gasteiger partial charge in [0.1, 0.15) is 0 Å². The Hall–Kier alpha value is -0.810. The lowest BCUT2D eigenvalue weighted by atomic mass is 10.0. The van der Waals surface area contributed by atoms with Crippen molar-refractivity contribution in [2.75, 3.05) is 33.7 Å². The third-order valence-corrected chi connectivity index (χ3v) is 3.81. The maximum Gasteiger partial charge on any atom is 0.222 e. The Bertz CT molecular complexity index is 318. The normalized spacial score (nSPS) is 15.2. The monoisotopic (exact) mass is 319 g/mol. The predicted octanol–water partition coefficient (Wildman–Crippen LogP) is 1.66. The minimum Gasteiger partial charge on any atom is -0.349 e. The first-order valence-corrected chi connectivity index (χ1v) is 7.76. The summed E-state index contributed by atoms with van der Waals surface area (Å²) in [4.78, 5) is 27.5. The fourth-order valence-electron chi connectivity index (χ4n) is 2.63. The van der Waals surface area contributed by atoms with E-state index in [1.165, 1.54) is 0 Å². The number of carbonyl (C=O) groups excluding carboxylic acids is 2. The number of nitrogens with one attached hydrogen (secondary N) is 1. The van der Waals surface area contributed by atoms with E-state index in [1.807, 2.05) is 4.90 Å². The van der Waals surface area contributed by atoms with Crippen LogP contribution in [0.3, 0.4) is 0 Å². The lowest BCUT2D eigenvalue weighted by Gasteiger charge is -2.34. The highest BCUT2D eigenvalue weighted by Crippen LogP contribution is 2.15. The number of hydrogen-bond acceptors (Lipinski definition) is 3. The third kappa shape index (κ3) is 7.14. The lowest BCUT2D eigenvalue weighted by Crippen LogP contribution is -2.46. The van der Waals surface area contributed by atoms with Gasteiger partial charge in [0.15, 0.2) is 0 Å². The molecule has 1 fully saturated rings. The number of piperidine rings is 1. The van der Waals surface area contributed by atoms with Crippen LogP contribution in [0.4, 0.5) is 0 Å². The van der Waals surface area contributed by atoms with E-state index in [4.69, 9.17) is 0 Å². The molecule has 0 aromatic heterocycles. The first-order chi connectivity index (χ1) is 9.56. The molecular weight excluding hydrogens is 290 g/mol. The van der Waals surface area contributed by atoms with Crippen LogP contribution in [0.2, 0.25) is 0 Å². The molecule has 1 aliphatic rings. The molecule has 0 aromatic carbocycles. The van der Waals surface area contributed by atoms with E-state index in [2.05, 4.69) is 12.2 Å². The molecule has 0 aliphatic carbocycles. The zero-order chi connectivity index (χ0) is 15.0. The van der Waals surface area contributed by atoms with Crippen LogP contribution < -0.4 is 5.32 Å². The average Bonchev–Trinajstić information content (AvgIpc) is 2.45. The van der Waals surface area contributed by atoms with Gasteiger partial charge in [-0.2, -0.15) is 0 Å². The summed E-state index contributed by atoms with van der Waals surface area (Å²) >= 11 is 0. The molecule has 0 radical (unpaired) electrons. The summed E-state index contributed by atoms with van der Waals surface area (Å²) in [6.45, 7) is 4.94. The first kappa shape index (κ1) is 20.2. The number of halogens is 1. The van der Waals surface area contributed by atoms with E-state index in [0.717, 1.165) is 38.9 Å². The summed E-state index contributed by atoms with van der Waals surface area (Å²) in [6, 6.07) is 0.383. The van der Waals surface area contributed by atoms with Crippen molar-refractivity contribution in [1.29, 1.82) is 0 Å². The summed E-state index contributed by atoms with van der Waals surface area (Å²) in [7, 11) is 3.51. The Balaban J connectivity index is 0.00000400. The van der Waals surface area contributed by atoms with Crippen LogP contribution in [0.5, 0.6) is 0 Å². The van der Waals surface area contributed by atoms with Gasteiger partial charge in [0.25, 0.3) is 0 Å². The highest BCUT2D eigenvalue weighted by Gasteiger charge is 2.24. The standard InChI is InChI=1S/C15H29N3O2.ClH/c1-4-12-18(13-8-10-16-11-9-13)15(20)7-5-6-14(19)17(2)3;/h13,16H,4-12H2,1-3H3;1H. The Morgan fingerprint density at radius 2 is 1.67 bits per heavy atom. The summed E-state index contributed by atoms with van der Waals surface area (Å²) in [6.07, 6.45) is 4.69. The van der Waals surface area contributed by atoms with Gasteiger partial charge in [0.05, 0.1) is 0 Å². The number of hydrogen-bond donors (Lipinski definition) is 1. The third-order valence-electron chi connectivity index (χ3n) is 3.81. The van der Waals surface area contributed by atoms with E-state index in [-0.39, 0.29) is 24.2 Å². The van der Waals surface area contributed by atoms with Crippen molar-refractivity contribution < 1.29 is 9.59 Å². The minimum atomic E-state index is 0. The van der Waals surface area contributed by atoms with Gasteiger partial charge in [-0.3, -0.25) is 9.59 Å². The lowest BCUT2D eigenvalue weighted by molar-refractivity contribution is -0.134. The van der Waals surface area contributed by atoms with Crippen molar-refractivity contribution >= 4 is 24.2 Å². The predicted molar refractivity (Wildman–Crippen MR) is 87.7 cm³/mol. The first-order valence-electron chi connectivity index (χ1n) is 7.76. The summed E-state index contributed by atoms with van der Waals surface area (Å²) in [5.41, 5.74) is 0. The molecule has 2 amide bonds. The van der Waals surface area contributed by atoms with Crippen molar-refractivity contribution in [1.82, 2.24) is 15.1 Å². The van der Waals surface area contributed by atoms with Gasteiger partial charge in [-0.05, 0) is 38.8 Å². The van der Waals surface area contributed by atoms with E-state index >= 15 is 0 Å². The Morgan fingerprint density at radius 1 is 1.10 bits per heavy atom. The molecule has 0 spiro atoms. The van der Waals surface area contributed by atoms with Crippen molar-refractivity contribution in [3.05, 3.63) is 0 Å². The topological polar surface area (TPSA) is 52.7 Å².